The summed E-state index contributed by atoms with van der Waals surface area (Å²) in [6, 6.07) is 9.73. The second-order valence-electron chi connectivity index (χ2n) is 10.9. The van der Waals surface area contributed by atoms with Crippen molar-refractivity contribution in [1.29, 1.82) is 0 Å². The molecular weight excluding hydrogens is 455 g/mol. The summed E-state index contributed by atoms with van der Waals surface area (Å²) in [7, 11) is 0. The zero-order chi connectivity index (χ0) is 24.8. The lowest BCUT2D eigenvalue weighted by Crippen LogP contribution is -2.35. The van der Waals surface area contributed by atoms with Crippen molar-refractivity contribution >= 4 is 11.5 Å². The number of nitrogens with zero attached hydrogens (tertiary/aromatic N) is 1. The lowest BCUT2D eigenvalue weighted by atomic mass is 9.89. The number of carbonyl (C=O) groups excluding carboxylic acids is 1. The van der Waals surface area contributed by atoms with E-state index in [0.717, 1.165) is 61.2 Å². The molecule has 2 atom stereocenters. The van der Waals surface area contributed by atoms with E-state index >= 15 is 0 Å². The van der Waals surface area contributed by atoms with Crippen molar-refractivity contribution in [2.75, 3.05) is 26.2 Å². The molecule has 0 radical (unpaired) electrons. The molecule has 3 fully saturated rings. The van der Waals surface area contributed by atoms with Gasteiger partial charge < -0.3 is 26.0 Å². The number of carbonyl (C=O) groups is 1. The summed E-state index contributed by atoms with van der Waals surface area (Å²) < 4.78 is 14.9. The van der Waals surface area contributed by atoms with Crippen molar-refractivity contribution in [3.8, 4) is 11.1 Å². The Morgan fingerprint density at radius 2 is 1.94 bits per heavy atom. The molecule has 2 unspecified atom stereocenters. The number of hydrogen-bond donors (Lipinski definition) is 4. The molecule has 2 saturated carbocycles. The van der Waals surface area contributed by atoms with Gasteiger partial charge in [-0.25, -0.2) is 4.39 Å². The molecule has 2 heterocycles. The highest BCUT2D eigenvalue weighted by molar-refractivity contribution is 5.96. The zero-order valence-electron chi connectivity index (χ0n) is 20.8. The molecule has 4 aliphatic rings. The van der Waals surface area contributed by atoms with Gasteiger partial charge in [0.25, 0.3) is 5.91 Å². The Morgan fingerprint density at radius 3 is 2.67 bits per heavy atom. The van der Waals surface area contributed by atoms with Gasteiger partial charge in [0, 0.05) is 49.0 Å². The van der Waals surface area contributed by atoms with E-state index in [-0.39, 0.29) is 17.8 Å². The Hall–Kier alpha value is -2.74. The molecule has 1 amide bonds. The van der Waals surface area contributed by atoms with Crippen molar-refractivity contribution < 1.29 is 14.3 Å². The van der Waals surface area contributed by atoms with Crippen LogP contribution in [0, 0.1) is 18.7 Å². The molecule has 2 aromatic rings. The Balaban J connectivity index is 1.34. The van der Waals surface area contributed by atoms with Gasteiger partial charge in [0.2, 0.25) is 0 Å². The van der Waals surface area contributed by atoms with E-state index in [4.69, 9.17) is 0 Å². The van der Waals surface area contributed by atoms with E-state index < -0.39 is 6.23 Å². The van der Waals surface area contributed by atoms with Crippen LogP contribution in [0.2, 0.25) is 0 Å². The third kappa shape index (κ3) is 4.92. The molecule has 2 aliphatic carbocycles. The number of hydrogen-bond acceptors (Lipinski definition) is 5. The largest absolute Gasteiger partial charge is 0.369 e. The summed E-state index contributed by atoms with van der Waals surface area (Å²) in [5.74, 6) is 0.0461. The quantitative estimate of drug-likeness (QED) is 0.454. The van der Waals surface area contributed by atoms with Crippen molar-refractivity contribution in [3.63, 3.8) is 0 Å². The Bertz CT molecular complexity index is 1200. The van der Waals surface area contributed by atoms with E-state index in [0.29, 0.717) is 35.2 Å². The average Bonchev–Trinajstić information content (AvgIpc) is 3.81. The first kappa shape index (κ1) is 23.6. The van der Waals surface area contributed by atoms with Gasteiger partial charge >= 0.3 is 0 Å². The molecule has 0 bridgehead atoms. The minimum atomic E-state index is -0.694. The van der Waals surface area contributed by atoms with Crippen LogP contribution < -0.4 is 16.0 Å². The highest BCUT2D eigenvalue weighted by Gasteiger charge is 2.31. The van der Waals surface area contributed by atoms with E-state index in [1.54, 1.807) is 13.0 Å². The van der Waals surface area contributed by atoms with Gasteiger partial charge in [0.05, 0.1) is 0 Å². The molecule has 2 aromatic carbocycles. The summed E-state index contributed by atoms with van der Waals surface area (Å²) in [5.41, 5.74) is 5.42. The van der Waals surface area contributed by atoms with Crippen LogP contribution in [0.15, 0.2) is 36.5 Å². The summed E-state index contributed by atoms with van der Waals surface area (Å²) in [4.78, 5) is 14.7. The first-order chi connectivity index (χ1) is 17.5. The van der Waals surface area contributed by atoms with E-state index in [2.05, 4.69) is 33.1 Å². The monoisotopic (exact) mass is 490 g/mol. The van der Waals surface area contributed by atoms with E-state index in [1.165, 1.54) is 18.9 Å². The normalized spacial score (nSPS) is 23.4. The summed E-state index contributed by atoms with van der Waals surface area (Å²) in [6.07, 6.45) is 6.93. The maximum atomic E-state index is 14.9. The molecular formula is C29H35FN4O2. The second-order valence-corrected chi connectivity index (χ2v) is 10.9. The average molecular weight is 491 g/mol. The van der Waals surface area contributed by atoms with Gasteiger partial charge in [0.15, 0.2) is 6.23 Å². The summed E-state index contributed by atoms with van der Waals surface area (Å²) >= 11 is 0. The fourth-order valence-electron chi connectivity index (χ4n) is 5.33. The number of benzene rings is 2. The van der Waals surface area contributed by atoms with Gasteiger partial charge in [-0.3, -0.25) is 4.79 Å². The second kappa shape index (κ2) is 9.61. The van der Waals surface area contributed by atoms with Crippen molar-refractivity contribution in [1.82, 2.24) is 20.9 Å². The number of fused-ring (bicyclic) bond motifs is 1. The minimum Gasteiger partial charge on any atom is -0.369 e. The van der Waals surface area contributed by atoms with E-state index in [9.17, 15) is 14.3 Å². The first-order valence-corrected chi connectivity index (χ1v) is 13.3. The number of nitrogens with one attached hydrogen (secondary N) is 3. The van der Waals surface area contributed by atoms with Crippen LogP contribution in [0.5, 0.6) is 0 Å². The highest BCUT2D eigenvalue weighted by atomic mass is 19.1. The zero-order valence-corrected chi connectivity index (χ0v) is 20.8. The van der Waals surface area contributed by atoms with E-state index in [1.807, 2.05) is 12.1 Å². The van der Waals surface area contributed by atoms with Crippen LogP contribution in [0.25, 0.3) is 16.7 Å². The fourth-order valence-corrected chi connectivity index (χ4v) is 5.33. The molecule has 1 saturated heterocycles. The Kier molecular flexibility index (Phi) is 6.32. The van der Waals surface area contributed by atoms with Crippen LogP contribution in [0.1, 0.15) is 65.4 Å². The van der Waals surface area contributed by atoms with Crippen molar-refractivity contribution in [2.45, 2.75) is 57.3 Å². The lowest BCUT2D eigenvalue weighted by molar-refractivity contribution is 0.0312. The molecule has 6 rings (SSSR count). The van der Waals surface area contributed by atoms with Gasteiger partial charge in [-0.15, -0.1) is 0 Å². The smallest absolute Gasteiger partial charge is 0.251 e. The number of rotatable bonds is 8. The standard InChI is InChI=1S/C29H35FN4O2/c1-17-25(11-20(12-27(17)30)28(35)33-22-5-6-22)19-4-7-24-26(10-19)21(13-32-23-8-9-31-14-23)16-34(29(24)36)15-18-2-3-18/h4,7,10-12,16,18,22-23,29,31-32,36H,2-3,5-6,8-9,13-15H2,1H3,(H,33,35). The fraction of sp³-hybridized carbons (Fsp3) is 0.483. The first-order valence-electron chi connectivity index (χ1n) is 13.3. The van der Waals surface area contributed by atoms with Gasteiger partial charge in [-0.05, 0) is 97.5 Å². The minimum absolute atomic E-state index is 0.212. The maximum absolute atomic E-state index is 14.9. The van der Waals surface area contributed by atoms with Gasteiger partial charge in [0.1, 0.15) is 5.82 Å². The van der Waals surface area contributed by atoms with Gasteiger partial charge in [-0.2, -0.15) is 0 Å². The molecule has 36 heavy (non-hydrogen) atoms. The van der Waals surface area contributed by atoms with Crippen LogP contribution in [-0.2, 0) is 0 Å². The topological polar surface area (TPSA) is 76.6 Å². The molecule has 2 aliphatic heterocycles. The van der Waals surface area contributed by atoms with Crippen molar-refractivity contribution in [3.05, 3.63) is 64.6 Å². The molecule has 6 nitrogen and oxygen atoms in total. The summed E-state index contributed by atoms with van der Waals surface area (Å²) in [6.45, 7) is 5.31. The predicted octanol–water partition coefficient (Wildman–Crippen LogP) is 3.70. The molecule has 0 aromatic heterocycles. The highest BCUT2D eigenvalue weighted by Crippen LogP contribution is 2.40. The summed E-state index contributed by atoms with van der Waals surface area (Å²) in [5, 5.41) is 21.2. The Labute approximate surface area is 212 Å². The molecule has 4 N–H and O–H groups in total. The predicted molar refractivity (Wildman–Crippen MR) is 139 cm³/mol. The van der Waals surface area contributed by atoms with Crippen LogP contribution in [0.4, 0.5) is 4.39 Å². The van der Waals surface area contributed by atoms with Gasteiger partial charge in [-0.1, -0.05) is 12.1 Å². The molecule has 190 valence electrons. The third-order valence-electron chi connectivity index (χ3n) is 7.95. The third-order valence-corrected chi connectivity index (χ3v) is 7.95. The SMILES string of the molecule is Cc1c(F)cc(C(=O)NC2CC2)cc1-c1ccc2c(c1)C(CNC1CCNC1)=CN(CC1CC1)C2O. The number of amides is 1. The number of halogens is 1. The molecule has 7 heteroatoms. The number of aliphatic hydroxyl groups is 1. The molecule has 0 spiro atoms. The van der Waals surface area contributed by atoms with Crippen LogP contribution >= 0.6 is 0 Å². The van der Waals surface area contributed by atoms with Crippen LogP contribution in [-0.4, -0.2) is 54.2 Å². The van der Waals surface area contributed by atoms with Crippen LogP contribution in [0.3, 0.4) is 0 Å². The van der Waals surface area contributed by atoms with Crippen molar-refractivity contribution in [2.24, 2.45) is 5.92 Å². The number of aliphatic hydroxyl groups excluding tert-OH is 1. The lowest BCUT2D eigenvalue weighted by Gasteiger charge is -2.35. The Morgan fingerprint density at radius 1 is 1.11 bits per heavy atom. The maximum Gasteiger partial charge on any atom is 0.251 e.